The third-order valence-corrected chi connectivity index (χ3v) is 6.83. The first-order valence-electron chi connectivity index (χ1n) is 12.0. The van der Waals surface area contributed by atoms with Gasteiger partial charge in [0.25, 0.3) is 0 Å². The highest BCUT2D eigenvalue weighted by molar-refractivity contribution is 5.76. The number of hydrogen-bond acceptors (Lipinski definition) is 6. The zero-order valence-corrected chi connectivity index (χ0v) is 19.6. The normalized spacial score (nSPS) is 21.6. The number of nitrogens with zero attached hydrogens (tertiary/aromatic N) is 3. The van der Waals surface area contributed by atoms with E-state index in [1.54, 1.807) is 14.2 Å². The molecule has 2 aliphatic rings. The molecule has 32 heavy (non-hydrogen) atoms. The van der Waals surface area contributed by atoms with E-state index in [0.29, 0.717) is 25.3 Å². The van der Waals surface area contributed by atoms with Crippen molar-refractivity contribution in [1.82, 2.24) is 10.2 Å². The van der Waals surface area contributed by atoms with Crippen molar-refractivity contribution in [2.24, 2.45) is 5.92 Å². The molecule has 176 valence electrons. The number of amides is 1. The molecular formula is C25H38N4O3. The average Bonchev–Trinajstić information content (AvgIpc) is 2.83. The number of carbonyl (C=O) groups is 1. The summed E-state index contributed by atoms with van der Waals surface area (Å²) in [4.78, 5) is 16.9. The first-order valence-corrected chi connectivity index (χ1v) is 12.0. The van der Waals surface area contributed by atoms with Gasteiger partial charge in [-0.1, -0.05) is 0 Å². The SMILES string of the molecule is COc1cc(OC)cc(N2CCN(CC[C@H]3CC[C@H](NC(=O)CCCC#N)CC3)CC2)c1. The summed E-state index contributed by atoms with van der Waals surface area (Å²) in [6, 6.07) is 8.50. The number of benzene rings is 1. The first-order chi connectivity index (χ1) is 15.6. The summed E-state index contributed by atoms with van der Waals surface area (Å²) in [5.41, 5.74) is 1.16. The summed E-state index contributed by atoms with van der Waals surface area (Å²) in [5.74, 6) is 2.53. The lowest BCUT2D eigenvalue weighted by Gasteiger charge is -2.37. The van der Waals surface area contributed by atoms with Gasteiger partial charge in [-0.05, 0) is 51.0 Å². The van der Waals surface area contributed by atoms with E-state index in [9.17, 15) is 4.79 Å². The lowest BCUT2D eigenvalue weighted by Crippen LogP contribution is -2.47. The summed E-state index contributed by atoms with van der Waals surface area (Å²) in [5, 5.41) is 11.7. The Labute approximate surface area is 192 Å². The maximum atomic E-state index is 12.0. The molecule has 7 heteroatoms. The fourth-order valence-electron chi connectivity index (χ4n) is 4.79. The summed E-state index contributed by atoms with van der Waals surface area (Å²) >= 11 is 0. The van der Waals surface area contributed by atoms with Crippen LogP contribution in [0.2, 0.25) is 0 Å². The number of rotatable bonds is 10. The maximum Gasteiger partial charge on any atom is 0.220 e. The summed E-state index contributed by atoms with van der Waals surface area (Å²) in [6.07, 6.45) is 7.41. The lowest BCUT2D eigenvalue weighted by atomic mass is 9.84. The lowest BCUT2D eigenvalue weighted by molar-refractivity contribution is -0.122. The molecule has 1 amide bonds. The van der Waals surface area contributed by atoms with Gasteiger partial charge < -0.3 is 19.7 Å². The van der Waals surface area contributed by atoms with E-state index < -0.39 is 0 Å². The van der Waals surface area contributed by atoms with Gasteiger partial charge in [-0.2, -0.15) is 5.26 Å². The van der Waals surface area contributed by atoms with Crippen LogP contribution < -0.4 is 19.7 Å². The Kier molecular flexibility index (Phi) is 9.48. The van der Waals surface area contributed by atoms with Crippen LogP contribution in [0, 0.1) is 17.2 Å². The Bertz CT molecular complexity index is 741. The smallest absolute Gasteiger partial charge is 0.220 e. The fourth-order valence-corrected chi connectivity index (χ4v) is 4.79. The Balaban J connectivity index is 1.34. The number of unbranched alkanes of at least 4 members (excludes halogenated alkanes) is 1. The van der Waals surface area contributed by atoms with Crippen LogP contribution in [0.25, 0.3) is 0 Å². The van der Waals surface area contributed by atoms with Gasteiger partial charge >= 0.3 is 0 Å². The van der Waals surface area contributed by atoms with Crippen molar-refractivity contribution < 1.29 is 14.3 Å². The van der Waals surface area contributed by atoms with Crippen molar-refractivity contribution in [2.75, 3.05) is 51.8 Å². The molecule has 1 aromatic rings. The monoisotopic (exact) mass is 442 g/mol. The quantitative estimate of drug-likeness (QED) is 0.558. The minimum Gasteiger partial charge on any atom is -0.497 e. The van der Waals surface area contributed by atoms with Crippen molar-refractivity contribution in [3.05, 3.63) is 18.2 Å². The van der Waals surface area contributed by atoms with Crippen molar-refractivity contribution >= 4 is 11.6 Å². The molecule has 0 aromatic heterocycles. The zero-order valence-electron chi connectivity index (χ0n) is 19.6. The number of methoxy groups -OCH3 is 2. The average molecular weight is 443 g/mol. The number of nitrogens with one attached hydrogen (secondary N) is 1. The van der Waals surface area contributed by atoms with Gasteiger partial charge in [0, 0.05) is 68.9 Å². The molecule has 0 radical (unpaired) electrons. The molecule has 1 saturated carbocycles. The second-order valence-electron chi connectivity index (χ2n) is 8.99. The number of piperazine rings is 1. The summed E-state index contributed by atoms with van der Waals surface area (Å²) < 4.78 is 10.8. The van der Waals surface area contributed by atoms with Crippen LogP contribution in [0.5, 0.6) is 11.5 Å². The van der Waals surface area contributed by atoms with Gasteiger partial charge in [0.1, 0.15) is 11.5 Å². The van der Waals surface area contributed by atoms with Gasteiger partial charge in [0.2, 0.25) is 5.91 Å². The molecule has 1 heterocycles. The number of carbonyl (C=O) groups excluding carboxylic acids is 1. The van der Waals surface area contributed by atoms with Crippen molar-refractivity contribution in [1.29, 1.82) is 5.26 Å². The van der Waals surface area contributed by atoms with Gasteiger partial charge in [-0.3, -0.25) is 9.69 Å². The van der Waals surface area contributed by atoms with E-state index >= 15 is 0 Å². The predicted molar refractivity (Wildman–Crippen MR) is 126 cm³/mol. The van der Waals surface area contributed by atoms with Crippen LogP contribution in [0.3, 0.4) is 0 Å². The third kappa shape index (κ3) is 7.30. The molecule has 0 unspecified atom stereocenters. The Morgan fingerprint density at radius 3 is 2.31 bits per heavy atom. The van der Waals surface area contributed by atoms with Crippen LogP contribution in [0.1, 0.15) is 51.4 Å². The topological polar surface area (TPSA) is 77.8 Å². The standard InChI is InChI=1S/C25H38N4O3/c1-31-23-17-22(18-24(19-23)32-2)29-15-13-28(14-16-29)12-10-20-6-8-21(9-7-20)27-25(30)5-3-4-11-26/h17-21H,3-10,12-16H2,1-2H3,(H,27,30)/t20-,21-. The summed E-state index contributed by atoms with van der Waals surface area (Å²) in [6.45, 7) is 5.34. The molecule has 3 rings (SSSR count). The molecule has 0 spiro atoms. The molecule has 1 aromatic carbocycles. The van der Waals surface area contributed by atoms with Crippen molar-refractivity contribution in [3.63, 3.8) is 0 Å². The van der Waals surface area contributed by atoms with Crippen molar-refractivity contribution in [3.8, 4) is 17.6 Å². The Morgan fingerprint density at radius 2 is 1.72 bits per heavy atom. The first kappa shape index (κ1) is 24.2. The van der Waals surface area contributed by atoms with Gasteiger partial charge in [0.15, 0.2) is 0 Å². The largest absolute Gasteiger partial charge is 0.497 e. The van der Waals surface area contributed by atoms with Gasteiger partial charge in [-0.15, -0.1) is 0 Å². The second-order valence-corrected chi connectivity index (χ2v) is 8.99. The minimum absolute atomic E-state index is 0.107. The third-order valence-electron chi connectivity index (χ3n) is 6.83. The van der Waals surface area contributed by atoms with E-state index in [-0.39, 0.29) is 5.91 Å². The maximum absolute atomic E-state index is 12.0. The molecule has 0 bridgehead atoms. The van der Waals surface area contributed by atoms with Crippen LogP contribution in [0.15, 0.2) is 18.2 Å². The molecule has 0 atom stereocenters. The number of ether oxygens (including phenoxy) is 2. The number of nitriles is 1. The van der Waals surface area contributed by atoms with E-state index in [2.05, 4.69) is 33.3 Å². The van der Waals surface area contributed by atoms with Crippen LogP contribution in [-0.2, 0) is 4.79 Å². The van der Waals surface area contributed by atoms with E-state index in [1.807, 2.05) is 6.07 Å². The molecule has 2 fully saturated rings. The van der Waals surface area contributed by atoms with Gasteiger partial charge in [-0.25, -0.2) is 0 Å². The zero-order chi connectivity index (χ0) is 22.8. The molecule has 1 saturated heterocycles. The number of hydrogen-bond donors (Lipinski definition) is 1. The second kappa shape index (κ2) is 12.5. The van der Waals surface area contributed by atoms with E-state index in [1.165, 1.54) is 19.3 Å². The van der Waals surface area contributed by atoms with E-state index in [4.69, 9.17) is 14.7 Å². The Hall–Kier alpha value is -2.46. The highest BCUT2D eigenvalue weighted by Crippen LogP contribution is 2.30. The van der Waals surface area contributed by atoms with Crippen molar-refractivity contribution in [2.45, 2.75) is 57.4 Å². The molecular weight excluding hydrogens is 404 g/mol. The van der Waals surface area contributed by atoms with Gasteiger partial charge in [0.05, 0.1) is 20.3 Å². The highest BCUT2D eigenvalue weighted by atomic mass is 16.5. The number of anilines is 1. The van der Waals surface area contributed by atoms with Crippen LogP contribution in [-0.4, -0.2) is 63.8 Å². The fraction of sp³-hybridized carbons (Fsp3) is 0.680. The Morgan fingerprint density at radius 1 is 1.06 bits per heavy atom. The summed E-state index contributed by atoms with van der Waals surface area (Å²) in [7, 11) is 3.38. The molecule has 7 nitrogen and oxygen atoms in total. The highest BCUT2D eigenvalue weighted by Gasteiger charge is 2.24. The molecule has 1 aliphatic heterocycles. The molecule has 1 N–H and O–H groups in total. The molecule has 1 aliphatic carbocycles. The van der Waals surface area contributed by atoms with E-state index in [0.717, 1.165) is 68.7 Å². The van der Waals surface area contributed by atoms with Crippen LogP contribution >= 0.6 is 0 Å². The van der Waals surface area contributed by atoms with Crippen LogP contribution in [0.4, 0.5) is 5.69 Å². The minimum atomic E-state index is 0.107. The predicted octanol–water partition coefficient (Wildman–Crippen LogP) is 3.58.